The minimum atomic E-state index is -3.63. The van der Waals surface area contributed by atoms with Gasteiger partial charge in [-0.25, -0.2) is 12.8 Å². The third-order valence-electron chi connectivity index (χ3n) is 3.26. The molecule has 0 aromatic heterocycles. The second-order valence-electron chi connectivity index (χ2n) is 4.56. The molecule has 2 nitrogen and oxygen atoms in total. The van der Waals surface area contributed by atoms with E-state index in [9.17, 15) is 12.8 Å². The van der Waals surface area contributed by atoms with Crippen LogP contribution in [-0.2, 0) is 9.84 Å². The van der Waals surface area contributed by atoms with E-state index < -0.39 is 20.1 Å². The first-order chi connectivity index (χ1) is 6.30. The predicted molar refractivity (Wildman–Crippen MR) is 55.5 cm³/mol. The fourth-order valence-corrected chi connectivity index (χ4v) is 3.76. The summed E-state index contributed by atoms with van der Waals surface area (Å²) >= 11 is 0. The third kappa shape index (κ3) is 1.81. The Hall–Kier alpha value is -0.120. The molecule has 0 aromatic rings. The first-order valence-corrected chi connectivity index (χ1v) is 6.77. The molecular weight excluding hydrogens is 203 g/mol. The van der Waals surface area contributed by atoms with Crippen molar-refractivity contribution in [2.45, 2.75) is 56.7 Å². The number of hydrogen-bond acceptors (Lipinski definition) is 2. The van der Waals surface area contributed by atoms with Crippen LogP contribution in [0.2, 0.25) is 0 Å². The van der Waals surface area contributed by atoms with Gasteiger partial charge >= 0.3 is 0 Å². The van der Waals surface area contributed by atoms with Crippen LogP contribution in [0.1, 0.15) is 46.5 Å². The quantitative estimate of drug-likeness (QED) is 0.735. The summed E-state index contributed by atoms with van der Waals surface area (Å²) < 4.78 is 37.8. The molecule has 0 aromatic carbocycles. The van der Waals surface area contributed by atoms with E-state index in [1.54, 1.807) is 13.8 Å². The maximum absolute atomic E-state index is 14.2. The molecule has 0 saturated heterocycles. The molecule has 1 aliphatic carbocycles. The Morgan fingerprint density at radius 2 is 1.71 bits per heavy atom. The molecule has 0 amide bonds. The molecule has 14 heavy (non-hydrogen) atoms. The van der Waals surface area contributed by atoms with Gasteiger partial charge < -0.3 is 0 Å². The Kier molecular flexibility index (Phi) is 3.24. The van der Waals surface area contributed by atoms with Gasteiger partial charge in [0.05, 0.1) is 5.25 Å². The number of halogens is 1. The van der Waals surface area contributed by atoms with Crippen molar-refractivity contribution in [1.29, 1.82) is 0 Å². The molecule has 0 radical (unpaired) electrons. The van der Waals surface area contributed by atoms with Crippen LogP contribution in [0.3, 0.4) is 0 Å². The minimum absolute atomic E-state index is 0.296. The van der Waals surface area contributed by atoms with E-state index in [2.05, 4.69) is 0 Å². The fraction of sp³-hybridized carbons (Fsp3) is 1.00. The van der Waals surface area contributed by atoms with Gasteiger partial charge in [0.1, 0.15) is 0 Å². The average molecular weight is 222 g/mol. The van der Waals surface area contributed by atoms with Crippen LogP contribution >= 0.6 is 0 Å². The highest BCUT2D eigenvalue weighted by molar-refractivity contribution is 7.93. The van der Waals surface area contributed by atoms with Crippen LogP contribution in [0.4, 0.5) is 4.39 Å². The molecule has 4 heteroatoms. The molecule has 0 aliphatic heterocycles. The summed E-state index contributed by atoms with van der Waals surface area (Å²) in [6.07, 6.45) is 3.33. The number of sulfone groups is 1. The van der Waals surface area contributed by atoms with Crippen LogP contribution in [0, 0.1) is 5.92 Å². The Morgan fingerprint density at radius 3 is 2.07 bits per heavy atom. The molecule has 1 unspecified atom stereocenters. The topological polar surface area (TPSA) is 34.1 Å². The van der Waals surface area contributed by atoms with Crippen molar-refractivity contribution in [3.63, 3.8) is 0 Å². The zero-order valence-corrected chi connectivity index (χ0v) is 9.90. The van der Waals surface area contributed by atoms with Gasteiger partial charge in [-0.3, -0.25) is 0 Å². The second kappa shape index (κ2) is 3.80. The lowest BCUT2D eigenvalue weighted by molar-refractivity contribution is 0.195. The van der Waals surface area contributed by atoms with Crippen molar-refractivity contribution in [3.05, 3.63) is 0 Å². The highest BCUT2D eigenvalue weighted by Crippen LogP contribution is 2.41. The third-order valence-corrected chi connectivity index (χ3v) is 5.95. The van der Waals surface area contributed by atoms with Gasteiger partial charge in [0.2, 0.25) is 5.00 Å². The second-order valence-corrected chi connectivity index (χ2v) is 7.39. The summed E-state index contributed by atoms with van der Waals surface area (Å²) in [6, 6.07) is 0. The van der Waals surface area contributed by atoms with E-state index in [4.69, 9.17) is 0 Å². The number of hydrogen-bond donors (Lipinski definition) is 0. The molecule has 0 N–H and O–H groups in total. The SMILES string of the molecule is CC(C)S(=O)(=O)C(C)(F)C1CCCC1. The summed E-state index contributed by atoms with van der Waals surface area (Å²) in [5.74, 6) is -0.296. The van der Waals surface area contributed by atoms with Crippen LogP contribution in [-0.4, -0.2) is 18.7 Å². The Labute approximate surface area is 85.8 Å². The highest BCUT2D eigenvalue weighted by Gasteiger charge is 2.48. The molecule has 0 bridgehead atoms. The summed E-state index contributed by atoms with van der Waals surface area (Å²) in [4.78, 5) is 0. The lowest BCUT2D eigenvalue weighted by Gasteiger charge is -2.28. The van der Waals surface area contributed by atoms with Crippen molar-refractivity contribution < 1.29 is 12.8 Å². The van der Waals surface area contributed by atoms with E-state index in [1.807, 2.05) is 0 Å². The maximum atomic E-state index is 14.2. The van der Waals surface area contributed by atoms with Crippen molar-refractivity contribution in [2.24, 2.45) is 5.92 Å². The Morgan fingerprint density at radius 1 is 1.29 bits per heavy atom. The van der Waals surface area contributed by atoms with Crippen LogP contribution in [0.5, 0.6) is 0 Å². The summed E-state index contributed by atoms with van der Waals surface area (Å²) in [5.41, 5.74) is 0. The van der Waals surface area contributed by atoms with Gasteiger partial charge in [-0.05, 0) is 33.6 Å². The van der Waals surface area contributed by atoms with Gasteiger partial charge in [0.25, 0.3) is 0 Å². The van der Waals surface area contributed by atoms with Crippen LogP contribution in [0.25, 0.3) is 0 Å². The maximum Gasteiger partial charge on any atom is 0.211 e. The molecule has 1 aliphatic rings. The summed E-state index contributed by atoms with van der Waals surface area (Å²) in [6.45, 7) is 4.32. The molecule has 0 spiro atoms. The zero-order chi connectivity index (χ0) is 11.0. The number of rotatable bonds is 3. The van der Waals surface area contributed by atoms with Gasteiger partial charge in [-0.2, -0.15) is 0 Å². The normalized spacial score (nSPS) is 24.1. The zero-order valence-electron chi connectivity index (χ0n) is 9.09. The van der Waals surface area contributed by atoms with Crippen molar-refractivity contribution in [3.8, 4) is 0 Å². The smallest absolute Gasteiger partial charge is 0.211 e. The average Bonchev–Trinajstić information content (AvgIpc) is 2.55. The van der Waals surface area contributed by atoms with E-state index in [1.165, 1.54) is 6.92 Å². The molecule has 0 heterocycles. The van der Waals surface area contributed by atoms with Crippen molar-refractivity contribution in [1.82, 2.24) is 0 Å². The van der Waals surface area contributed by atoms with Crippen molar-refractivity contribution >= 4 is 9.84 Å². The lowest BCUT2D eigenvalue weighted by Crippen LogP contribution is -2.41. The minimum Gasteiger partial charge on any atom is -0.226 e. The highest BCUT2D eigenvalue weighted by atomic mass is 32.2. The first kappa shape index (κ1) is 12.0. The predicted octanol–water partition coefficient (Wildman–Crippen LogP) is 2.69. The molecule has 1 atom stereocenters. The monoisotopic (exact) mass is 222 g/mol. The van der Waals surface area contributed by atoms with Gasteiger partial charge in [0.15, 0.2) is 9.84 Å². The number of alkyl halides is 1. The van der Waals surface area contributed by atoms with Gasteiger partial charge in [-0.1, -0.05) is 12.8 Å². The summed E-state index contributed by atoms with van der Waals surface area (Å²) in [5, 5.41) is -2.66. The molecule has 1 fully saturated rings. The Bertz CT molecular complexity index is 287. The summed E-state index contributed by atoms with van der Waals surface area (Å²) in [7, 11) is -3.63. The van der Waals surface area contributed by atoms with Gasteiger partial charge in [0, 0.05) is 5.92 Å². The van der Waals surface area contributed by atoms with E-state index in [0.29, 0.717) is 12.8 Å². The van der Waals surface area contributed by atoms with Crippen LogP contribution < -0.4 is 0 Å². The van der Waals surface area contributed by atoms with E-state index >= 15 is 0 Å². The largest absolute Gasteiger partial charge is 0.226 e. The molecule has 1 saturated carbocycles. The lowest BCUT2D eigenvalue weighted by atomic mass is 10.0. The molecule has 84 valence electrons. The molecular formula is C10H19FO2S. The fourth-order valence-electron chi connectivity index (χ4n) is 2.13. The van der Waals surface area contributed by atoms with Crippen LogP contribution in [0.15, 0.2) is 0 Å². The van der Waals surface area contributed by atoms with E-state index in [0.717, 1.165) is 12.8 Å². The first-order valence-electron chi connectivity index (χ1n) is 5.22. The van der Waals surface area contributed by atoms with E-state index in [-0.39, 0.29) is 5.92 Å². The van der Waals surface area contributed by atoms with Crippen molar-refractivity contribution in [2.75, 3.05) is 0 Å². The Balaban J connectivity index is 2.93. The van der Waals surface area contributed by atoms with Gasteiger partial charge in [-0.15, -0.1) is 0 Å². The molecule has 1 rings (SSSR count). The standard InChI is InChI=1S/C10H19FO2S/c1-8(2)14(12,13)10(3,11)9-6-4-5-7-9/h8-9H,4-7H2,1-3H3.